The van der Waals surface area contributed by atoms with Gasteiger partial charge in [0.25, 0.3) is 5.91 Å². The number of carbonyl (C=O) groups is 1. The minimum Gasteiger partial charge on any atom is -0.290 e. The molecule has 1 aromatic heterocycles. The lowest BCUT2D eigenvalue weighted by Gasteiger charge is -2.13. The minimum atomic E-state index is -0.290. The highest BCUT2D eigenvalue weighted by Crippen LogP contribution is 2.29. The van der Waals surface area contributed by atoms with Crippen molar-refractivity contribution >= 4 is 29.4 Å². The van der Waals surface area contributed by atoms with Crippen LogP contribution in [0.1, 0.15) is 21.6 Å². The molecule has 1 amide bonds. The molecule has 0 fully saturated rings. The number of nitrogens with two attached hydrogens (primary N) is 1. The SMILES string of the molecule is NNC(=O)c1ccnc(CSc2ccccc2)c1CSc1ccccc1. The number of hydrogen-bond donors (Lipinski definition) is 2. The summed E-state index contributed by atoms with van der Waals surface area (Å²) in [5, 5.41) is 0. The van der Waals surface area contributed by atoms with E-state index in [9.17, 15) is 4.79 Å². The van der Waals surface area contributed by atoms with Gasteiger partial charge >= 0.3 is 0 Å². The molecule has 26 heavy (non-hydrogen) atoms. The molecule has 3 rings (SSSR count). The Morgan fingerprint density at radius 3 is 2.04 bits per heavy atom. The van der Waals surface area contributed by atoms with E-state index in [1.165, 1.54) is 4.90 Å². The maximum absolute atomic E-state index is 12.2. The molecule has 132 valence electrons. The number of nitrogens with one attached hydrogen (secondary N) is 1. The number of amides is 1. The molecular formula is C20H19N3OS2. The van der Waals surface area contributed by atoms with Crippen molar-refractivity contribution in [2.75, 3.05) is 0 Å². The van der Waals surface area contributed by atoms with Crippen molar-refractivity contribution in [3.05, 3.63) is 89.7 Å². The van der Waals surface area contributed by atoms with E-state index in [1.807, 2.05) is 36.4 Å². The van der Waals surface area contributed by atoms with Gasteiger partial charge in [-0.25, -0.2) is 5.84 Å². The first-order chi connectivity index (χ1) is 12.8. The predicted molar refractivity (Wildman–Crippen MR) is 108 cm³/mol. The third-order valence-electron chi connectivity index (χ3n) is 3.77. The lowest BCUT2D eigenvalue weighted by molar-refractivity contribution is 0.0952. The van der Waals surface area contributed by atoms with E-state index in [1.54, 1.807) is 35.8 Å². The summed E-state index contributed by atoms with van der Waals surface area (Å²) in [6.45, 7) is 0. The molecule has 0 aliphatic carbocycles. The molecule has 0 bridgehead atoms. The number of pyridine rings is 1. The van der Waals surface area contributed by atoms with E-state index in [0.717, 1.165) is 16.2 Å². The van der Waals surface area contributed by atoms with E-state index in [-0.39, 0.29) is 5.91 Å². The molecule has 3 aromatic rings. The molecule has 4 nitrogen and oxygen atoms in total. The van der Waals surface area contributed by atoms with E-state index >= 15 is 0 Å². The van der Waals surface area contributed by atoms with Crippen LogP contribution in [-0.4, -0.2) is 10.9 Å². The molecule has 6 heteroatoms. The standard InChI is InChI=1S/C20H19N3OS2/c21-23-20(24)17-11-12-22-19(14-26-16-9-5-2-6-10-16)18(17)13-25-15-7-3-1-4-8-15/h1-12H,13-14,21H2,(H,23,24). The van der Waals surface area contributed by atoms with Gasteiger partial charge in [-0.15, -0.1) is 23.5 Å². The van der Waals surface area contributed by atoms with Crippen molar-refractivity contribution < 1.29 is 4.79 Å². The second kappa shape index (κ2) is 9.43. The van der Waals surface area contributed by atoms with Gasteiger partial charge in [0, 0.05) is 33.1 Å². The zero-order chi connectivity index (χ0) is 18.2. The van der Waals surface area contributed by atoms with Gasteiger partial charge < -0.3 is 0 Å². The Bertz CT molecular complexity index is 857. The maximum atomic E-state index is 12.2. The number of hydrazine groups is 1. The Labute approximate surface area is 161 Å². The third kappa shape index (κ3) is 4.88. The third-order valence-corrected chi connectivity index (χ3v) is 5.83. The molecule has 0 unspecified atom stereocenters. The van der Waals surface area contributed by atoms with Gasteiger partial charge in [-0.05, 0) is 35.9 Å². The summed E-state index contributed by atoms with van der Waals surface area (Å²) < 4.78 is 0. The van der Waals surface area contributed by atoms with Crippen molar-refractivity contribution in [1.82, 2.24) is 10.4 Å². The number of benzene rings is 2. The normalized spacial score (nSPS) is 10.5. The Hall–Kier alpha value is -2.28. The fourth-order valence-corrected chi connectivity index (χ4v) is 4.34. The van der Waals surface area contributed by atoms with Gasteiger partial charge in [0.05, 0.1) is 5.69 Å². The molecule has 3 N–H and O–H groups in total. The van der Waals surface area contributed by atoms with Gasteiger partial charge in [0.2, 0.25) is 0 Å². The quantitative estimate of drug-likeness (QED) is 0.277. The molecule has 1 heterocycles. The molecule has 2 aromatic carbocycles. The van der Waals surface area contributed by atoms with Crippen LogP contribution in [0.2, 0.25) is 0 Å². The first-order valence-corrected chi connectivity index (χ1v) is 10.1. The largest absolute Gasteiger partial charge is 0.290 e. The molecule has 0 saturated heterocycles. The van der Waals surface area contributed by atoms with Gasteiger partial charge in [-0.3, -0.25) is 15.2 Å². The van der Waals surface area contributed by atoms with Crippen molar-refractivity contribution in [1.29, 1.82) is 0 Å². The fraction of sp³-hybridized carbons (Fsp3) is 0.100. The zero-order valence-electron chi connectivity index (χ0n) is 14.1. The van der Waals surface area contributed by atoms with Crippen LogP contribution >= 0.6 is 23.5 Å². The smallest absolute Gasteiger partial charge is 0.265 e. The lowest BCUT2D eigenvalue weighted by Crippen LogP contribution is -2.31. The van der Waals surface area contributed by atoms with E-state index in [4.69, 9.17) is 5.84 Å². The van der Waals surface area contributed by atoms with Crippen molar-refractivity contribution in [2.24, 2.45) is 5.84 Å². The molecule has 0 aliphatic heterocycles. The van der Waals surface area contributed by atoms with E-state index < -0.39 is 0 Å². The van der Waals surface area contributed by atoms with E-state index in [2.05, 4.69) is 34.7 Å². The first kappa shape index (κ1) is 18.5. The second-order valence-corrected chi connectivity index (χ2v) is 7.56. The van der Waals surface area contributed by atoms with Crippen LogP contribution < -0.4 is 11.3 Å². The topological polar surface area (TPSA) is 68.0 Å². The van der Waals surface area contributed by atoms with Crippen LogP contribution in [0, 0.1) is 0 Å². The van der Waals surface area contributed by atoms with Gasteiger partial charge in [0.15, 0.2) is 0 Å². The summed E-state index contributed by atoms with van der Waals surface area (Å²) >= 11 is 3.38. The number of nitrogens with zero attached hydrogens (tertiary/aromatic N) is 1. The number of rotatable bonds is 7. The number of nitrogen functional groups attached to an aromatic ring is 1. The molecular weight excluding hydrogens is 362 g/mol. The predicted octanol–water partition coefficient (Wildman–Crippen LogP) is 4.27. The van der Waals surface area contributed by atoms with Crippen LogP contribution in [0.5, 0.6) is 0 Å². The number of hydrogen-bond acceptors (Lipinski definition) is 5. The Morgan fingerprint density at radius 1 is 0.885 bits per heavy atom. The fourth-order valence-electron chi connectivity index (χ4n) is 2.45. The monoisotopic (exact) mass is 381 g/mol. The van der Waals surface area contributed by atoms with E-state index in [0.29, 0.717) is 17.1 Å². The van der Waals surface area contributed by atoms with Crippen LogP contribution in [0.25, 0.3) is 0 Å². The van der Waals surface area contributed by atoms with Crippen LogP contribution in [0.3, 0.4) is 0 Å². The number of thioether (sulfide) groups is 2. The Morgan fingerprint density at radius 2 is 1.46 bits per heavy atom. The maximum Gasteiger partial charge on any atom is 0.265 e. The van der Waals surface area contributed by atoms with Gasteiger partial charge in [-0.1, -0.05) is 36.4 Å². The summed E-state index contributed by atoms with van der Waals surface area (Å²) in [5.74, 6) is 6.43. The van der Waals surface area contributed by atoms with Crippen LogP contribution in [0.4, 0.5) is 0 Å². The first-order valence-electron chi connectivity index (χ1n) is 8.11. The van der Waals surface area contributed by atoms with Gasteiger partial charge in [0.1, 0.15) is 0 Å². The summed E-state index contributed by atoms with van der Waals surface area (Å²) in [6.07, 6.45) is 1.67. The average molecular weight is 382 g/mol. The van der Waals surface area contributed by atoms with Crippen LogP contribution in [-0.2, 0) is 11.5 Å². The molecule has 0 spiro atoms. The summed E-state index contributed by atoms with van der Waals surface area (Å²) in [5.41, 5.74) is 4.65. The van der Waals surface area contributed by atoms with Crippen molar-refractivity contribution in [3.8, 4) is 0 Å². The van der Waals surface area contributed by atoms with Crippen molar-refractivity contribution in [2.45, 2.75) is 21.3 Å². The highest BCUT2D eigenvalue weighted by atomic mass is 32.2. The van der Waals surface area contributed by atoms with Crippen molar-refractivity contribution in [3.63, 3.8) is 0 Å². The Kier molecular flexibility index (Phi) is 6.71. The summed E-state index contributed by atoms with van der Waals surface area (Å²) in [7, 11) is 0. The number of carbonyl (C=O) groups excluding carboxylic acids is 1. The average Bonchev–Trinajstić information content (AvgIpc) is 2.71. The summed E-state index contributed by atoms with van der Waals surface area (Å²) in [4.78, 5) is 19.0. The zero-order valence-corrected chi connectivity index (χ0v) is 15.7. The van der Waals surface area contributed by atoms with Gasteiger partial charge in [-0.2, -0.15) is 0 Å². The number of aromatic nitrogens is 1. The molecule has 0 radical (unpaired) electrons. The van der Waals surface area contributed by atoms with Crippen LogP contribution in [0.15, 0.2) is 82.7 Å². The minimum absolute atomic E-state index is 0.290. The molecule has 0 atom stereocenters. The lowest BCUT2D eigenvalue weighted by atomic mass is 10.1. The summed E-state index contributed by atoms with van der Waals surface area (Å²) in [6, 6.07) is 22.0. The second-order valence-electron chi connectivity index (χ2n) is 5.46. The molecule has 0 saturated carbocycles. The molecule has 0 aliphatic rings. The Balaban J connectivity index is 1.83. The highest BCUT2D eigenvalue weighted by Gasteiger charge is 2.16. The highest BCUT2D eigenvalue weighted by molar-refractivity contribution is 7.99.